The van der Waals surface area contributed by atoms with E-state index in [1.807, 2.05) is 37.3 Å². The zero-order valence-electron chi connectivity index (χ0n) is 13.2. The van der Waals surface area contributed by atoms with Gasteiger partial charge in [0.15, 0.2) is 17.1 Å². The average molecular weight is 328 g/mol. The van der Waals surface area contributed by atoms with Gasteiger partial charge in [-0.25, -0.2) is 13.9 Å². The molecule has 3 rings (SSSR count). The van der Waals surface area contributed by atoms with Crippen LogP contribution in [0.1, 0.15) is 29.0 Å². The van der Waals surface area contributed by atoms with Crippen LogP contribution in [-0.4, -0.2) is 34.6 Å². The van der Waals surface area contributed by atoms with Crippen LogP contribution in [0.2, 0.25) is 0 Å². The van der Waals surface area contributed by atoms with Crippen molar-refractivity contribution in [3.63, 3.8) is 0 Å². The number of carbonyl (C=O) groups excluding carboxylic acids is 1. The number of aromatic nitrogens is 2. The first-order valence-electron chi connectivity index (χ1n) is 7.52. The van der Waals surface area contributed by atoms with Crippen LogP contribution in [0.4, 0.5) is 4.39 Å². The van der Waals surface area contributed by atoms with Gasteiger partial charge < -0.3 is 9.47 Å². The number of nitrogens with zero attached hydrogens (tertiary/aromatic N) is 2. The maximum atomic E-state index is 14.2. The van der Waals surface area contributed by atoms with Crippen LogP contribution < -0.4 is 0 Å². The van der Waals surface area contributed by atoms with Crippen molar-refractivity contribution < 1.29 is 18.7 Å². The fourth-order valence-electron chi connectivity index (χ4n) is 2.59. The molecule has 2 aromatic rings. The minimum Gasteiger partial charge on any atom is -0.444 e. The van der Waals surface area contributed by atoms with Gasteiger partial charge in [-0.3, -0.25) is 0 Å². The van der Waals surface area contributed by atoms with Crippen LogP contribution in [-0.2, 0) is 9.47 Å². The van der Waals surface area contributed by atoms with E-state index >= 15 is 0 Å². The van der Waals surface area contributed by atoms with Crippen molar-refractivity contribution in [3.8, 4) is 0 Å². The molecule has 1 aromatic carbocycles. The van der Waals surface area contributed by atoms with Gasteiger partial charge in [-0.05, 0) is 12.5 Å². The Kier molecular flexibility index (Phi) is 4.34. The van der Waals surface area contributed by atoms with Gasteiger partial charge in [0.25, 0.3) is 0 Å². The largest absolute Gasteiger partial charge is 0.444 e. The highest BCUT2D eigenvalue weighted by molar-refractivity contribution is 5.88. The predicted octanol–water partition coefficient (Wildman–Crippen LogP) is 2.90. The van der Waals surface area contributed by atoms with Crippen LogP contribution in [0.5, 0.6) is 0 Å². The van der Waals surface area contributed by atoms with Gasteiger partial charge >= 0.3 is 5.97 Å². The zero-order chi connectivity index (χ0) is 17.2. The molecule has 0 radical (unpaired) electrons. The number of halogens is 1. The summed E-state index contributed by atoms with van der Waals surface area (Å²) >= 11 is 0. The van der Waals surface area contributed by atoms with Gasteiger partial charge in [-0.15, -0.1) is 5.73 Å². The molecule has 1 aliphatic heterocycles. The van der Waals surface area contributed by atoms with Gasteiger partial charge in [-0.2, -0.15) is 5.10 Å². The van der Waals surface area contributed by atoms with Crippen molar-refractivity contribution in [2.45, 2.75) is 18.6 Å². The number of hydrogen-bond donors (Lipinski definition) is 0. The molecule has 24 heavy (non-hydrogen) atoms. The first-order chi connectivity index (χ1) is 11.6. The van der Waals surface area contributed by atoms with Gasteiger partial charge in [0, 0.05) is 6.08 Å². The number of ether oxygens (including phenoxy) is 2. The van der Waals surface area contributed by atoms with Gasteiger partial charge in [0.2, 0.25) is 0 Å². The maximum Gasteiger partial charge on any atom is 0.360 e. The van der Waals surface area contributed by atoms with Gasteiger partial charge in [-0.1, -0.05) is 36.9 Å². The number of rotatable bonds is 5. The number of benzene rings is 1. The van der Waals surface area contributed by atoms with Crippen molar-refractivity contribution in [3.05, 3.63) is 72.0 Å². The third kappa shape index (κ3) is 2.89. The average Bonchev–Trinajstić information content (AvgIpc) is 2.94. The van der Waals surface area contributed by atoms with Gasteiger partial charge in [0.05, 0.1) is 25.5 Å². The minimum atomic E-state index is -0.934. The second kappa shape index (κ2) is 6.43. The molecule has 0 spiro atoms. The molecule has 6 heteroatoms. The van der Waals surface area contributed by atoms with Crippen LogP contribution >= 0.6 is 0 Å². The Morgan fingerprint density at radius 1 is 1.50 bits per heavy atom. The molecule has 2 heterocycles. The SMILES string of the molecule is C=C=CC1(OC(=O)c2c(F)cnn2[C@H](C)c2ccccc2)COC1. The highest BCUT2D eigenvalue weighted by Crippen LogP contribution is 2.27. The van der Waals surface area contributed by atoms with Crippen molar-refractivity contribution in [2.75, 3.05) is 13.2 Å². The molecule has 1 aromatic heterocycles. The monoisotopic (exact) mass is 328 g/mol. The Balaban J connectivity index is 1.90. The first kappa shape index (κ1) is 16.2. The summed E-state index contributed by atoms with van der Waals surface area (Å²) in [5, 5.41) is 4.00. The standard InChI is InChI=1S/C18H17FN2O3/c1-3-9-18(11-23-12-18)24-17(22)16-15(19)10-20-21(16)13(2)14-7-5-4-6-8-14/h4-10,13H,1,11-12H2,2H3/t13-/m1/s1. The molecule has 5 nitrogen and oxygen atoms in total. The molecular formula is C18H17FN2O3. The molecule has 0 unspecified atom stereocenters. The Hall–Kier alpha value is -2.69. The summed E-state index contributed by atoms with van der Waals surface area (Å²) in [6, 6.07) is 9.10. The number of hydrogen-bond acceptors (Lipinski definition) is 4. The maximum absolute atomic E-state index is 14.2. The van der Waals surface area contributed by atoms with E-state index in [-0.39, 0.29) is 24.9 Å². The van der Waals surface area contributed by atoms with Crippen LogP contribution in [0, 0.1) is 5.82 Å². The van der Waals surface area contributed by atoms with E-state index in [9.17, 15) is 9.18 Å². The van der Waals surface area contributed by atoms with E-state index in [4.69, 9.17) is 9.47 Å². The summed E-state index contributed by atoms with van der Waals surface area (Å²) in [4.78, 5) is 12.5. The highest BCUT2D eigenvalue weighted by Gasteiger charge is 2.42. The third-order valence-corrected chi connectivity index (χ3v) is 3.95. The molecule has 1 fully saturated rings. The Morgan fingerprint density at radius 2 is 2.21 bits per heavy atom. The van der Waals surface area contributed by atoms with Crippen molar-refractivity contribution in [2.24, 2.45) is 0 Å². The molecule has 1 aliphatic rings. The second-order valence-corrected chi connectivity index (χ2v) is 5.67. The van der Waals surface area contributed by atoms with E-state index < -0.39 is 17.4 Å². The summed E-state index contributed by atoms with van der Waals surface area (Å²) in [6.07, 6.45) is 2.54. The fourth-order valence-corrected chi connectivity index (χ4v) is 2.59. The van der Waals surface area contributed by atoms with Crippen molar-refractivity contribution in [1.29, 1.82) is 0 Å². The molecule has 0 N–H and O–H groups in total. The lowest BCUT2D eigenvalue weighted by Crippen LogP contribution is -2.51. The van der Waals surface area contributed by atoms with Crippen LogP contribution in [0.3, 0.4) is 0 Å². The predicted molar refractivity (Wildman–Crippen MR) is 85.1 cm³/mol. The summed E-state index contributed by atoms with van der Waals surface area (Å²) in [6.45, 7) is 5.72. The molecule has 0 aliphatic carbocycles. The fraction of sp³-hybridized carbons (Fsp3) is 0.278. The third-order valence-electron chi connectivity index (χ3n) is 3.95. The lowest BCUT2D eigenvalue weighted by molar-refractivity contribution is -0.152. The summed E-state index contributed by atoms with van der Waals surface area (Å²) in [5.41, 5.74) is 2.35. The Bertz CT molecular complexity index is 790. The lowest BCUT2D eigenvalue weighted by atomic mass is 10.0. The van der Waals surface area contributed by atoms with E-state index in [1.165, 1.54) is 10.8 Å². The first-order valence-corrected chi connectivity index (χ1v) is 7.52. The van der Waals surface area contributed by atoms with E-state index in [2.05, 4.69) is 17.4 Å². The second-order valence-electron chi connectivity index (χ2n) is 5.67. The molecular weight excluding hydrogens is 311 g/mol. The smallest absolute Gasteiger partial charge is 0.360 e. The zero-order valence-corrected chi connectivity index (χ0v) is 13.2. The van der Waals surface area contributed by atoms with E-state index in [0.29, 0.717) is 0 Å². The lowest BCUT2D eigenvalue weighted by Gasteiger charge is -2.37. The van der Waals surface area contributed by atoms with Crippen molar-refractivity contribution in [1.82, 2.24) is 9.78 Å². The quantitative estimate of drug-likeness (QED) is 0.625. The van der Waals surface area contributed by atoms with E-state index in [1.54, 1.807) is 0 Å². The molecule has 0 amide bonds. The minimum absolute atomic E-state index is 0.200. The Labute approximate surface area is 139 Å². The van der Waals surface area contributed by atoms with Crippen molar-refractivity contribution >= 4 is 5.97 Å². The van der Waals surface area contributed by atoms with Gasteiger partial charge in [0.1, 0.15) is 0 Å². The topological polar surface area (TPSA) is 53.3 Å². The Morgan fingerprint density at radius 3 is 2.79 bits per heavy atom. The molecule has 1 saturated heterocycles. The molecule has 0 saturated carbocycles. The van der Waals surface area contributed by atoms with Crippen LogP contribution in [0.15, 0.2) is 54.9 Å². The number of carbonyl (C=O) groups is 1. The molecule has 0 bridgehead atoms. The summed E-state index contributed by atoms with van der Waals surface area (Å²) in [5.74, 6) is -1.51. The molecule has 1 atom stereocenters. The van der Waals surface area contributed by atoms with Crippen LogP contribution in [0.25, 0.3) is 0 Å². The molecule has 124 valence electrons. The summed E-state index contributed by atoms with van der Waals surface area (Å²) < 4.78 is 26.0. The number of esters is 1. The summed E-state index contributed by atoms with van der Waals surface area (Å²) in [7, 11) is 0. The normalized spacial score (nSPS) is 16.6. The highest BCUT2D eigenvalue weighted by atomic mass is 19.1. The van der Waals surface area contributed by atoms with E-state index in [0.717, 1.165) is 11.8 Å².